The molecule has 2 aliphatic carbocycles. The minimum Gasteiger partial charge on any atom is -0.367 e. The largest absolute Gasteiger partial charge is 0.367 e. The minimum absolute atomic E-state index is 0.188. The molecule has 0 aliphatic heterocycles. The summed E-state index contributed by atoms with van der Waals surface area (Å²) in [6.45, 7) is 20.2. The van der Waals surface area contributed by atoms with Gasteiger partial charge in [0.05, 0.1) is 51.6 Å². The highest BCUT2D eigenvalue weighted by molar-refractivity contribution is 5.92. The van der Waals surface area contributed by atoms with E-state index in [2.05, 4.69) is 100 Å². The zero-order chi connectivity index (χ0) is 29.2. The Morgan fingerprint density at radius 1 is 0.524 bits per heavy atom. The van der Waals surface area contributed by atoms with Crippen molar-refractivity contribution in [2.75, 3.05) is 65.6 Å². The number of likely N-dealkylation sites (N-methyl/N-ethyl adjacent to an activating group) is 2. The van der Waals surface area contributed by atoms with Gasteiger partial charge in [-0.05, 0) is 71.5 Å². The molecule has 4 aromatic rings. The molecule has 0 saturated heterocycles. The summed E-state index contributed by atoms with van der Waals surface area (Å²) in [6, 6.07) is 26.7. The maximum absolute atomic E-state index is 6.65. The van der Waals surface area contributed by atoms with E-state index in [0.29, 0.717) is 0 Å². The first-order chi connectivity index (χ1) is 20.5. The van der Waals surface area contributed by atoms with Crippen LogP contribution in [0.15, 0.2) is 72.8 Å². The third kappa shape index (κ3) is 5.51. The van der Waals surface area contributed by atoms with E-state index >= 15 is 0 Å². The normalized spacial score (nSPS) is 18.0. The third-order valence-electron chi connectivity index (χ3n) is 11.1. The molecule has 0 saturated carbocycles. The molecule has 6 rings (SSSR count). The molecule has 0 fully saturated rings. The van der Waals surface area contributed by atoms with Crippen LogP contribution in [0.2, 0.25) is 0 Å². The van der Waals surface area contributed by atoms with E-state index in [4.69, 9.17) is 9.47 Å². The van der Waals surface area contributed by atoms with Crippen LogP contribution in [0.1, 0.15) is 62.2 Å². The molecule has 2 aliphatic rings. The summed E-state index contributed by atoms with van der Waals surface area (Å²) in [7, 11) is 0. The van der Waals surface area contributed by atoms with Crippen molar-refractivity contribution in [3.63, 3.8) is 0 Å². The van der Waals surface area contributed by atoms with E-state index in [9.17, 15) is 0 Å². The Morgan fingerprint density at radius 3 is 1.29 bits per heavy atom. The first-order valence-corrected chi connectivity index (χ1v) is 16.5. The predicted octanol–water partition coefficient (Wildman–Crippen LogP) is 7.63. The van der Waals surface area contributed by atoms with Gasteiger partial charge in [0.2, 0.25) is 0 Å². The lowest BCUT2D eigenvalue weighted by Crippen LogP contribution is -2.59. The number of hydrogen-bond donors (Lipinski definition) is 0. The van der Waals surface area contributed by atoms with Crippen LogP contribution in [0.3, 0.4) is 0 Å². The molecule has 0 amide bonds. The fourth-order valence-electron chi connectivity index (χ4n) is 7.83. The summed E-state index contributed by atoms with van der Waals surface area (Å²) in [5, 5.41) is 5.53. The lowest BCUT2D eigenvalue weighted by molar-refractivity contribution is -0.978. The van der Waals surface area contributed by atoms with Crippen molar-refractivity contribution in [2.24, 2.45) is 0 Å². The Labute approximate surface area is 253 Å². The van der Waals surface area contributed by atoms with E-state index in [0.717, 1.165) is 74.3 Å². The van der Waals surface area contributed by atoms with Crippen molar-refractivity contribution >= 4 is 21.5 Å². The summed E-state index contributed by atoms with van der Waals surface area (Å²) < 4.78 is 15.5. The van der Waals surface area contributed by atoms with Gasteiger partial charge in [-0.2, -0.15) is 0 Å². The van der Waals surface area contributed by atoms with E-state index in [-0.39, 0.29) is 12.2 Å². The van der Waals surface area contributed by atoms with Crippen LogP contribution in [0.4, 0.5) is 0 Å². The van der Waals surface area contributed by atoms with Crippen LogP contribution in [0, 0.1) is 0 Å². The Morgan fingerprint density at radius 2 is 0.905 bits per heavy atom. The van der Waals surface area contributed by atoms with Crippen LogP contribution in [0.5, 0.6) is 0 Å². The Balaban J connectivity index is 1.04. The molecule has 0 spiro atoms. The molecule has 0 bridgehead atoms. The van der Waals surface area contributed by atoms with Crippen molar-refractivity contribution in [3.8, 4) is 0 Å². The average molecular weight is 567 g/mol. The highest BCUT2D eigenvalue weighted by atomic mass is 16.5. The predicted molar refractivity (Wildman–Crippen MR) is 175 cm³/mol. The van der Waals surface area contributed by atoms with Crippen molar-refractivity contribution in [2.45, 2.75) is 52.7 Å². The van der Waals surface area contributed by atoms with Gasteiger partial charge in [-0.25, -0.2) is 0 Å². The molecule has 0 N–H and O–H groups in total. The molecule has 0 heterocycles. The van der Waals surface area contributed by atoms with Gasteiger partial charge in [-0.1, -0.05) is 72.8 Å². The molecule has 42 heavy (non-hydrogen) atoms. The first kappa shape index (κ1) is 29.3. The monoisotopic (exact) mass is 566 g/mol. The second-order valence-electron chi connectivity index (χ2n) is 12.7. The lowest BCUT2D eigenvalue weighted by atomic mass is 10.1. The lowest BCUT2D eigenvalue weighted by Gasteiger charge is -2.42. The number of quaternary nitrogens is 2. The fourth-order valence-corrected chi connectivity index (χ4v) is 7.83. The number of rotatable bonds is 15. The molecule has 0 aromatic heterocycles. The maximum atomic E-state index is 6.65. The summed E-state index contributed by atoms with van der Waals surface area (Å²) in [5.74, 6) is 0. The highest BCUT2D eigenvalue weighted by Gasteiger charge is 2.33. The standard InChI is InChI=1S/C38H50N2O2/c1-5-39(6-2,23-25-41-35-27-31-17-9-13-29-15-11-19-33(35)37(29)31)21-22-40(7-3,8-4)24-26-42-36-28-32-18-10-14-30-16-12-20-34(36)38(30)32/h9-20,35-36H,5-8,21-28H2,1-4H3/q+2/t35-,36+. The Hall–Kier alpha value is -2.76. The zero-order valence-electron chi connectivity index (χ0n) is 26.3. The molecule has 4 nitrogen and oxygen atoms in total. The maximum Gasteiger partial charge on any atom is 0.129 e. The molecule has 2 atom stereocenters. The Bertz CT molecular complexity index is 1390. The number of hydrogen-bond acceptors (Lipinski definition) is 2. The number of benzene rings is 4. The van der Waals surface area contributed by atoms with Crippen LogP contribution in [0.25, 0.3) is 21.5 Å². The van der Waals surface area contributed by atoms with Crippen LogP contribution in [-0.2, 0) is 22.3 Å². The van der Waals surface area contributed by atoms with Gasteiger partial charge < -0.3 is 18.4 Å². The summed E-state index contributed by atoms with van der Waals surface area (Å²) in [4.78, 5) is 0. The van der Waals surface area contributed by atoms with Gasteiger partial charge in [0, 0.05) is 12.8 Å². The fraction of sp³-hybridized carbons (Fsp3) is 0.474. The highest BCUT2D eigenvalue weighted by Crippen LogP contribution is 2.40. The summed E-state index contributed by atoms with van der Waals surface area (Å²) in [5.41, 5.74) is 5.63. The van der Waals surface area contributed by atoms with E-state index in [1.165, 1.54) is 56.9 Å². The van der Waals surface area contributed by atoms with Gasteiger partial charge in [0.15, 0.2) is 0 Å². The first-order valence-electron chi connectivity index (χ1n) is 16.5. The molecule has 222 valence electrons. The quantitative estimate of drug-likeness (QED) is 0.138. The molecular weight excluding hydrogens is 516 g/mol. The molecule has 0 unspecified atom stereocenters. The third-order valence-corrected chi connectivity index (χ3v) is 11.1. The average Bonchev–Trinajstić information content (AvgIpc) is 3.58. The van der Waals surface area contributed by atoms with Crippen molar-refractivity contribution in [1.82, 2.24) is 0 Å². The summed E-state index contributed by atoms with van der Waals surface area (Å²) in [6.07, 6.45) is 2.38. The van der Waals surface area contributed by atoms with Crippen molar-refractivity contribution in [3.05, 3.63) is 95.1 Å². The van der Waals surface area contributed by atoms with Crippen molar-refractivity contribution in [1.29, 1.82) is 0 Å². The SMILES string of the molecule is CC[N+](CC)(CCO[C@H]1Cc2cccc3cccc1c23)CC[N+](CC)(CC)CCO[C@@H]1Cc2cccc3cccc1c23. The van der Waals surface area contributed by atoms with Gasteiger partial charge in [-0.15, -0.1) is 0 Å². The minimum atomic E-state index is 0.188. The van der Waals surface area contributed by atoms with Crippen LogP contribution < -0.4 is 0 Å². The van der Waals surface area contributed by atoms with Gasteiger partial charge in [0.25, 0.3) is 0 Å². The smallest absolute Gasteiger partial charge is 0.129 e. The van der Waals surface area contributed by atoms with Crippen LogP contribution >= 0.6 is 0 Å². The Kier molecular flexibility index (Phi) is 8.70. The van der Waals surface area contributed by atoms with Crippen molar-refractivity contribution < 1.29 is 18.4 Å². The van der Waals surface area contributed by atoms with E-state index in [1.807, 2.05) is 0 Å². The number of ether oxygens (including phenoxy) is 2. The molecular formula is C38H50N2O2+2. The number of nitrogens with zero attached hydrogens (tertiary/aromatic N) is 2. The molecule has 4 aromatic carbocycles. The van der Waals surface area contributed by atoms with E-state index < -0.39 is 0 Å². The summed E-state index contributed by atoms with van der Waals surface area (Å²) >= 11 is 0. The topological polar surface area (TPSA) is 18.5 Å². The van der Waals surface area contributed by atoms with Gasteiger partial charge >= 0.3 is 0 Å². The second-order valence-corrected chi connectivity index (χ2v) is 12.7. The molecule has 4 heteroatoms. The zero-order valence-corrected chi connectivity index (χ0v) is 26.3. The second kappa shape index (κ2) is 12.5. The van der Waals surface area contributed by atoms with Gasteiger partial charge in [-0.3, -0.25) is 0 Å². The van der Waals surface area contributed by atoms with E-state index in [1.54, 1.807) is 0 Å². The molecule has 0 radical (unpaired) electrons. The van der Waals surface area contributed by atoms with Crippen LogP contribution in [-0.4, -0.2) is 74.5 Å². The van der Waals surface area contributed by atoms with Gasteiger partial charge in [0.1, 0.15) is 26.2 Å².